The lowest BCUT2D eigenvalue weighted by Crippen LogP contribution is -2.39. The molecule has 2 rings (SSSR count). The van der Waals surface area contributed by atoms with E-state index in [2.05, 4.69) is 17.1 Å². The highest BCUT2D eigenvalue weighted by molar-refractivity contribution is 4.74. The van der Waals surface area contributed by atoms with E-state index in [9.17, 15) is 0 Å². The molecule has 0 amide bonds. The van der Waals surface area contributed by atoms with Gasteiger partial charge < -0.3 is 15.0 Å². The van der Waals surface area contributed by atoms with Gasteiger partial charge in [-0.15, -0.1) is 0 Å². The molecule has 2 atom stereocenters. The largest absolute Gasteiger partial charge is 0.378 e. The third-order valence-electron chi connectivity index (χ3n) is 4.25. The maximum Gasteiger partial charge on any atom is 0.0588 e. The van der Waals surface area contributed by atoms with Crippen LogP contribution in [0.3, 0.4) is 0 Å². The van der Waals surface area contributed by atoms with Crippen LogP contribution in [0, 0.1) is 5.92 Å². The summed E-state index contributed by atoms with van der Waals surface area (Å²) >= 11 is 0. The minimum absolute atomic E-state index is 0.550. The van der Waals surface area contributed by atoms with Gasteiger partial charge in [0.1, 0.15) is 0 Å². The van der Waals surface area contributed by atoms with E-state index in [-0.39, 0.29) is 0 Å². The SMILES string of the molecule is CCCN(CCC1CCCO1)CC1CCCNC1. The van der Waals surface area contributed by atoms with Gasteiger partial charge in [-0.05, 0) is 64.1 Å². The van der Waals surface area contributed by atoms with E-state index in [0.717, 1.165) is 12.5 Å². The first-order valence-corrected chi connectivity index (χ1v) is 7.93. The summed E-state index contributed by atoms with van der Waals surface area (Å²) in [5.41, 5.74) is 0. The summed E-state index contributed by atoms with van der Waals surface area (Å²) in [4.78, 5) is 2.67. The smallest absolute Gasteiger partial charge is 0.0588 e. The summed E-state index contributed by atoms with van der Waals surface area (Å²) in [6.45, 7) is 9.50. The van der Waals surface area contributed by atoms with Crippen LogP contribution < -0.4 is 5.32 Å². The van der Waals surface area contributed by atoms with Crippen molar-refractivity contribution in [3.8, 4) is 0 Å². The standard InChI is InChI=1S/C15H30N2O/c1-2-9-17(10-7-15-6-4-11-18-15)13-14-5-3-8-16-12-14/h14-16H,2-13H2,1H3. The Morgan fingerprint density at radius 2 is 2.17 bits per heavy atom. The molecule has 0 aromatic heterocycles. The maximum absolute atomic E-state index is 5.73. The van der Waals surface area contributed by atoms with Gasteiger partial charge in [0.25, 0.3) is 0 Å². The van der Waals surface area contributed by atoms with Crippen LogP contribution in [0.15, 0.2) is 0 Å². The molecule has 2 unspecified atom stereocenters. The van der Waals surface area contributed by atoms with E-state index < -0.39 is 0 Å². The van der Waals surface area contributed by atoms with Crippen molar-refractivity contribution in [3.63, 3.8) is 0 Å². The molecular weight excluding hydrogens is 224 g/mol. The van der Waals surface area contributed by atoms with Crippen LogP contribution in [0.5, 0.6) is 0 Å². The molecule has 2 saturated heterocycles. The van der Waals surface area contributed by atoms with Crippen LogP contribution in [0.4, 0.5) is 0 Å². The third-order valence-corrected chi connectivity index (χ3v) is 4.25. The number of rotatable bonds is 7. The molecule has 3 heteroatoms. The van der Waals surface area contributed by atoms with Crippen LogP contribution in [-0.4, -0.2) is 50.3 Å². The van der Waals surface area contributed by atoms with E-state index in [4.69, 9.17) is 4.74 Å². The van der Waals surface area contributed by atoms with E-state index in [1.807, 2.05) is 0 Å². The van der Waals surface area contributed by atoms with Gasteiger partial charge in [0, 0.05) is 19.7 Å². The van der Waals surface area contributed by atoms with E-state index in [0.29, 0.717) is 6.10 Å². The number of nitrogens with one attached hydrogen (secondary N) is 1. The van der Waals surface area contributed by atoms with Crippen molar-refractivity contribution >= 4 is 0 Å². The average molecular weight is 254 g/mol. The first-order chi connectivity index (χ1) is 8.88. The van der Waals surface area contributed by atoms with E-state index in [1.165, 1.54) is 71.2 Å². The fraction of sp³-hybridized carbons (Fsp3) is 1.00. The minimum Gasteiger partial charge on any atom is -0.378 e. The number of hydrogen-bond acceptors (Lipinski definition) is 3. The van der Waals surface area contributed by atoms with Crippen molar-refractivity contribution in [2.24, 2.45) is 5.92 Å². The van der Waals surface area contributed by atoms with Crippen LogP contribution in [0.1, 0.15) is 45.4 Å². The molecule has 3 nitrogen and oxygen atoms in total. The Balaban J connectivity index is 1.68. The Morgan fingerprint density at radius 3 is 2.83 bits per heavy atom. The topological polar surface area (TPSA) is 24.5 Å². The minimum atomic E-state index is 0.550. The van der Waals surface area contributed by atoms with Crippen LogP contribution in [0.2, 0.25) is 0 Å². The zero-order valence-corrected chi connectivity index (χ0v) is 12.0. The molecule has 106 valence electrons. The summed E-state index contributed by atoms with van der Waals surface area (Å²) in [5.74, 6) is 0.870. The Hall–Kier alpha value is -0.120. The van der Waals surface area contributed by atoms with Gasteiger partial charge in [0.15, 0.2) is 0 Å². The van der Waals surface area contributed by atoms with Gasteiger partial charge in [0.2, 0.25) is 0 Å². The second kappa shape index (κ2) is 8.13. The molecule has 0 saturated carbocycles. The fourth-order valence-electron chi connectivity index (χ4n) is 3.25. The maximum atomic E-state index is 5.73. The monoisotopic (exact) mass is 254 g/mol. The van der Waals surface area contributed by atoms with E-state index in [1.54, 1.807) is 0 Å². The quantitative estimate of drug-likeness (QED) is 0.754. The molecule has 2 heterocycles. The summed E-state index contributed by atoms with van der Waals surface area (Å²) in [7, 11) is 0. The van der Waals surface area contributed by atoms with Gasteiger partial charge >= 0.3 is 0 Å². The summed E-state index contributed by atoms with van der Waals surface area (Å²) in [6.07, 6.45) is 8.37. The Kier molecular flexibility index (Phi) is 6.46. The van der Waals surface area contributed by atoms with Gasteiger partial charge in [-0.1, -0.05) is 6.92 Å². The zero-order valence-electron chi connectivity index (χ0n) is 12.0. The number of nitrogens with zero attached hydrogens (tertiary/aromatic N) is 1. The first kappa shape index (κ1) is 14.3. The van der Waals surface area contributed by atoms with Crippen molar-refractivity contribution < 1.29 is 4.74 Å². The first-order valence-electron chi connectivity index (χ1n) is 7.93. The van der Waals surface area contributed by atoms with E-state index >= 15 is 0 Å². The number of piperidine rings is 1. The zero-order chi connectivity index (χ0) is 12.6. The van der Waals surface area contributed by atoms with Crippen molar-refractivity contribution in [2.75, 3.05) is 39.3 Å². The molecule has 2 aliphatic rings. The second-order valence-corrected chi connectivity index (χ2v) is 5.94. The van der Waals surface area contributed by atoms with Crippen molar-refractivity contribution in [3.05, 3.63) is 0 Å². The van der Waals surface area contributed by atoms with Crippen molar-refractivity contribution in [2.45, 2.75) is 51.6 Å². The Bertz CT molecular complexity index is 211. The lowest BCUT2D eigenvalue weighted by Gasteiger charge is -2.30. The number of hydrogen-bond donors (Lipinski definition) is 1. The molecule has 0 aliphatic carbocycles. The molecule has 0 aromatic carbocycles. The molecule has 0 radical (unpaired) electrons. The van der Waals surface area contributed by atoms with Gasteiger partial charge in [-0.25, -0.2) is 0 Å². The van der Waals surface area contributed by atoms with Crippen LogP contribution in [0.25, 0.3) is 0 Å². The highest BCUT2D eigenvalue weighted by Crippen LogP contribution is 2.17. The normalized spacial score (nSPS) is 29.0. The fourth-order valence-corrected chi connectivity index (χ4v) is 3.25. The van der Waals surface area contributed by atoms with Crippen LogP contribution >= 0.6 is 0 Å². The molecular formula is C15H30N2O. The lowest BCUT2D eigenvalue weighted by atomic mass is 9.99. The van der Waals surface area contributed by atoms with Crippen molar-refractivity contribution in [1.29, 1.82) is 0 Å². The lowest BCUT2D eigenvalue weighted by molar-refractivity contribution is 0.0882. The van der Waals surface area contributed by atoms with Gasteiger partial charge in [-0.3, -0.25) is 0 Å². The summed E-state index contributed by atoms with van der Waals surface area (Å²) in [5, 5.41) is 3.53. The molecule has 0 spiro atoms. The Morgan fingerprint density at radius 1 is 1.22 bits per heavy atom. The van der Waals surface area contributed by atoms with Gasteiger partial charge in [-0.2, -0.15) is 0 Å². The molecule has 0 aromatic rings. The molecule has 2 aliphatic heterocycles. The molecule has 0 bridgehead atoms. The molecule has 2 fully saturated rings. The highest BCUT2D eigenvalue weighted by Gasteiger charge is 2.19. The number of ether oxygens (including phenoxy) is 1. The summed E-state index contributed by atoms with van der Waals surface area (Å²) < 4.78 is 5.73. The molecule has 18 heavy (non-hydrogen) atoms. The predicted octanol–water partition coefficient (Wildman–Crippen LogP) is 2.27. The van der Waals surface area contributed by atoms with Gasteiger partial charge in [0.05, 0.1) is 6.10 Å². The molecule has 1 N–H and O–H groups in total. The van der Waals surface area contributed by atoms with Crippen molar-refractivity contribution in [1.82, 2.24) is 10.2 Å². The predicted molar refractivity (Wildman–Crippen MR) is 75.9 cm³/mol. The highest BCUT2D eigenvalue weighted by atomic mass is 16.5. The summed E-state index contributed by atoms with van der Waals surface area (Å²) in [6, 6.07) is 0. The Labute approximate surface area is 112 Å². The second-order valence-electron chi connectivity index (χ2n) is 5.94. The average Bonchev–Trinajstić information content (AvgIpc) is 2.91. The van der Waals surface area contributed by atoms with Crippen LogP contribution in [-0.2, 0) is 4.74 Å². The third kappa shape index (κ3) is 4.87.